The van der Waals surface area contributed by atoms with Crippen molar-refractivity contribution in [2.75, 3.05) is 0 Å². The van der Waals surface area contributed by atoms with E-state index in [0.29, 0.717) is 0 Å². The minimum absolute atomic E-state index is 0. The molecule has 1 aromatic heterocycles. The van der Waals surface area contributed by atoms with E-state index in [0.717, 1.165) is 6.92 Å². The molecule has 0 saturated heterocycles. The molecule has 0 spiro atoms. The highest BCUT2D eigenvalue weighted by molar-refractivity contribution is 7.86. The molecule has 0 aliphatic rings. The van der Waals surface area contributed by atoms with Gasteiger partial charge in [0.25, 0.3) is 10.1 Å². The molecular weight excluding hydrogens is 254 g/mol. The van der Waals surface area contributed by atoms with Crippen molar-refractivity contribution in [3.63, 3.8) is 0 Å². The molecule has 0 atom stereocenters. The van der Waals surface area contributed by atoms with E-state index in [1.807, 2.05) is 0 Å². The summed E-state index contributed by atoms with van der Waals surface area (Å²) >= 11 is 0. The quantitative estimate of drug-likeness (QED) is 0.821. The number of nitrogens with zero attached hydrogens (tertiary/aromatic N) is 2. The van der Waals surface area contributed by atoms with E-state index in [-0.39, 0.29) is 28.5 Å². The maximum atomic E-state index is 12.2. The molecule has 0 aliphatic carbocycles. The van der Waals surface area contributed by atoms with Gasteiger partial charge in [0.1, 0.15) is 4.90 Å². The second kappa shape index (κ2) is 4.42. The summed E-state index contributed by atoms with van der Waals surface area (Å²) in [5.74, 6) is 0. The number of rotatable bonds is 2. The highest BCUT2D eigenvalue weighted by Crippen LogP contribution is 2.22. The third kappa shape index (κ3) is 2.64. The first kappa shape index (κ1) is 14.3. The summed E-state index contributed by atoms with van der Waals surface area (Å²) in [6, 6.07) is 0. The fourth-order valence-corrected chi connectivity index (χ4v) is 2.09. The van der Waals surface area contributed by atoms with Crippen molar-refractivity contribution in [1.29, 1.82) is 0 Å². The topological polar surface area (TPSA) is 72.2 Å². The van der Waals surface area contributed by atoms with Crippen LogP contribution in [0.5, 0.6) is 0 Å². The fourth-order valence-electron chi connectivity index (χ4n) is 1.21. The average molecular weight is 263 g/mol. The van der Waals surface area contributed by atoms with E-state index < -0.39 is 21.6 Å². The van der Waals surface area contributed by atoms with Crippen molar-refractivity contribution in [3.05, 3.63) is 11.4 Å². The molecule has 0 amide bonds. The monoisotopic (exact) mass is 262 g/mol. The lowest BCUT2D eigenvalue weighted by Crippen LogP contribution is -2.05. The number of alkyl halides is 2. The van der Waals surface area contributed by atoms with Crippen LogP contribution in [0.15, 0.2) is 4.90 Å². The predicted molar refractivity (Wildman–Crippen MR) is 50.0 cm³/mol. The minimum Gasteiger partial charge on any atom is -0.282 e. The number of aryl methyl sites for hydroxylation is 1. The standard InChI is InChI=1S/C6H8F2N2O3S.ClH/c1-3-5(14(11,12)13)4(2)10(9-3)6(7)8;/h6H,1-2H3,(H,11,12,13);1H. The van der Waals surface area contributed by atoms with Crippen LogP contribution >= 0.6 is 12.4 Å². The molecule has 15 heavy (non-hydrogen) atoms. The van der Waals surface area contributed by atoms with Gasteiger partial charge in [-0.05, 0) is 13.8 Å². The summed E-state index contributed by atoms with van der Waals surface area (Å²) in [7, 11) is -4.49. The molecule has 1 aromatic rings. The number of halogens is 3. The molecule has 1 rings (SSSR count). The van der Waals surface area contributed by atoms with E-state index in [9.17, 15) is 17.2 Å². The maximum absolute atomic E-state index is 12.2. The molecule has 0 aromatic carbocycles. The molecule has 0 bridgehead atoms. The Kier molecular flexibility index (Phi) is 4.20. The molecule has 0 aliphatic heterocycles. The summed E-state index contributed by atoms with van der Waals surface area (Å²) in [6.45, 7) is -0.547. The summed E-state index contributed by atoms with van der Waals surface area (Å²) in [5, 5.41) is 3.30. The van der Waals surface area contributed by atoms with Crippen LogP contribution in [-0.4, -0.2) is 22.8 Å². The molecule has 0 radical (unpaired) electrons. The van der Waals surface area contributed by atoms with Crippen molar-refractivity contribution >= 4 is 22.5 Å². The van der Waals surface area contributed by atoms with Crippen LogP contribution in [0.1, 0.15) is 17.9 Å². The zero-order valence-electron chi connectivity index (χ0n) is 7.81. The highest BCUT2D eigenvalue weighted by Gasteiger charge is 2.25. The first-order valence-electron chi connectivity index (χ1n) is 3.56. The Bertz CT molecular complexity index is 457. The van der Waals surface area contributed by atoms with Crippen molar-refractivity contribution in [3.8, 4) is 0 Å². The minimum atomic E-state index is -4.49. The van der Waals surface area contributed by atoms with Crippen LogP contribution in [-0.2, 0) is 10.1 Å². The van der Waals surface area contributed by atoms with Gasteiger partial charge in [0.2, 0.25) is 0 Å². The average Bonchev–Trinajstić information content (AvgIpc) is 2.24. The lowest BCUT2D eigenvalue weighted by Gasteiger charge is -2.01. The summed E-state index contributed by atoms with van der Waals surface area (Å²) < 4.78 is 55.0. The Labute approximate surface area is 91.2 Å². The van der Waals surface area contributed by atoms with Gasteiger partial charge in [-0.1, -0.05) is 0 Å². The van der Waals surface area contributed by atoms with Crippen LogP contribution in [0.4, 0.5) is 8.78 Å². The van der Waals surface area contributed by atoms with E-state index in [2.05, 4.69) is 5.10 Å². The summed E-state index contributed by atoms with van der Waals surface area (Å²) in [6.07, 6.45) is 0. The van der Waals surface area contributed by atoms with Gasteiger partial charge >= 0.3 is 6.55 Å². The smallest absolute Gasteiger partial charge is 0.282 e. The van der Waals surface area contributed by atoms with Crippen LogP contribution in [0.25, 0.3) is 0 Å². The molecule has 5 nitrogen and oxygen atoms in total. The van der Waals surface area contributed by atoms with Crippen molar-refractivity contribution in [2.45, 2.75) is 25.3 Å². The highest BCUT2D eigenvalue weighted by atomic mass is 35.5. The summed E-state index contributed by atoms with van der Waals surface area (Å²) in [4.78, 5) is -0.558. The lowest BCUT2D eigenvalue weighted by atomic mass is 10.4. The molecule has 1 N–H and O–H groups in total. The molecule has 0 unspecified atom stereocenters. The Balaban J connectivity index is 0.00000196. The molecule has 88 valence electrons. The number of hydrogen-bond acceptors (Lipinski definition) is 3. The Hall–Kier alpha value is -0.730. The number of hydrogen-bond donors (Lipinski definition) is 1. The normalized spacial score (nSPS) is 11.6. The number of aromatic nitrogens is 2. The van der Waals surface area contributed by atoms with Gasteiger partial charge in [-0.25, -0.2) is 4.68 Å². The van der Waals surface area contributed by atoms with Crippen LogP contribution in [0, 0.1) is 13.8 Å². The SMILES string of the molecule is Cc1nn(C(F)F)c(C)c1S(=O)(=O)O.Cl. The Morgan fingerprint density at radius 2 is 1.87 bits per heavy atom. The molecule has 1 heterocycles. The predicted octanol–water partition coefficient (Wildman–Crippen LogP) is 1.56. The first-order chi connectivity index (χ1) is 6.25. The second-order valence-electron chi connectivity index (χ2n) is 2.70. The van der Waals surface area contributed by atoms with Gasteiger partial charge in [-0.3, -0.25) is 4.55 Å². The largest absolute Gasteiger partial charge is 0.333 e. The maximum Gasteiger partial charge on any atom is 0.333 e. The van der Waals surface area contributed by atoms with Gasteiger partial charge in [0.05, 0.1) is 11.4 Å². The van der Waals surface area contributed by atoms with E-state index >= 15 is 0 Å². The van der Waals surface area contributed by atoms with Gasteiger partial charge in [0, 0.05) is 0 Å². The van der Waals surface area contributed by atoms with Gasteiger partial charge in [-0.15, -0.1) is 12.4 Å². The first-order valence-corrected chi connectivity index (χ1v) is 5.00. The van der Waals surface area contributed by atoms with E-state index in [1.54, 1.807) is 0 Å². The zero-order valence-corrected chi connectivity index (χ0v) is 9.44. The van der Waals surface area contributed by atoms with Gasteiger partial charge in [-0.2, -0.15) is 22.3 Å². The third-order valence-electron chi connectivity index (χ3n) is 1.70. The van der Waals surface area contributed by atoms with Gasteiger partial charge < -0.3 is 0 Å². The fraction of sp³-hybridized carbons (Fsp3) is 0.500. The second-order valence-corrected chi connectivity index (χ2v) is 4.06. The van der Waals surface area contributed by atoms with Crippen LogP contribution in [0.2, 0.25) is 0 Å². The molecule has 9 heteroatoms. The zero-order chi connectivity index (χ0) is 11.1. The Morgan fingerprint density at radius 3 is 2.07 bits per heavy atom. The third-order valence-corrected chi connectivity index (χ3v) is 2.81. The molecule has 0 saturated carbocycles. The Morgan fingerprint density at radius 1 is 1.40 bits per heavy atom. The van der Waals surface area contributed by atoms with Crippen molar-refractivity contribution in [2.24, 2.45) is 0 Å². The van der Waals surface area contributed by atoms with E-state index in [1.165, 1.54) is 6.92 Å². The lowest BCUT2D eigenvalue weighted by molar-refractivity contribution is 0.0538. The van der Waals surface area contributed by atoms with E-state index in [4.69, 9.17) is 4.55 Å². The van der Waals surface area contributed by atoms with Crippen LogP contribution < -0.4 is 0 Å². The van der Waals surface area contributed by atoms with Crippen LogP contribution in [0.3, 0.4) is 0 Å². The van der Waals surface area contributed by atoms with Crippen molar-refractivity contribution < 1.29 is 21.8 Å². The molecule has 0 fully saturated rings. The van der Waals surface area contributed by atoms with Crippen molar-refractivity contribution in [1.82, 2.24) is 9.78 Å². The molecular formula is C6H9ClF2N2O3S. The summed E-state index contributed by atoms with van der Waals surface area (Å²) in [5.41, 5.74) is -0.426. The van der Waals surface area contributed by atoms with Gasteiger partial charge in [0.15, 0.2) is 0 Å².